The number of hydrogen-bond acceptors (Lipinski definition) is 6. The number of aromatic nitrogens is 2. The number of nitrogens with two attached hydrogens (primary N) is 1. The topological polar surface area (TPSA) is 163 Å². The molecule has 28 heavy (non-hydrogen) atoms. The molecule has 0 aliphatic carbocycles. The third kappa shape index (κ3) is 4.18. The molecule has 0 aliphatic heterocycles. The number of primary amides is 1. The Morgan fingerprint density at radius 3 is 2.36 bits per heavy atom. The molecule has 0 spiro atoms. The van der Waals surface area contributed by atoms with Gasteiger partial charge < -0.3 is 21.0 Å². The molecule has 0 saturated carbocycles. The molecular weight excluding hydrogens is 364 g/mol. The van der Waals surface area contributed by atoms with Crippen molar-refractivity contribution in [3.63, 3.8) is 0 Å². The summed E-state index contributed by atoms with van der Waals surface area (Å²) >= 11 is 0. The van der Waals surface area contributed by atoms with E-state index in [-0.39, 0.29) is 5.69 Å². The van der Waals surface area contributed by atoms with Gasteiger partial charge >= 0.3 is 5.69 Å². The maximum atomic E-state index is 12.4. The number of rotatable bonds is 6. The Morgan fingerprint density at radius 1 is 1.04 bits per heavy atom. The predicted molar refractivity (Wildman–Crippen MR) is 101 cm³/mol. The van der Waals surface area contributed by atoms with Crippen molar-refractivity contribution in [2.45, 2.75) is 13.0 Å². The van der Waals surface area contributed by atoms with Gasteiger partial charge in [-0.15, -0.1) is 0 Å². The van der Waals surface area contributed by atoms with Gasteiger partial charge in [-0.1, -0.05) is 0 Å². The highest BCUT2D eigenvalue weighted by Gasteiger charge is 2.23. The number of benzene rings is 2. The number of fused-ring (bicyclic) bond motifs is 1. The van der Waals surface area contributed by atoms with Gasteiger partial charge in [0, 0.05) is 11.3 Å². The molecular formula is C18H16N6O4. The Hall–Kier alpha value is -4.08. The molecule has 3 rings (SSSR count). The van der Waals surface area contributed by atoms with Crippen molar-refractivity contribution in [3.05, 3.63) is 58.5 Å². The zero-order chi connectivity index (χ0) is 20.3. The lowest BCUT2D eigenvalue weighted by Gasteiger charge is -2.09. The number of nitrogens with zero attached hydrogens (tertiary/aromatic N) is 2. The van der Waals surface area contributed by atoms with Crippen molar-refractivity contribution in [2.75, 3.05) is 5.32 Å². The first kappa shape index (κ1) is 18.7. The van der Waals surface area contributed by atoms with E-state index >= 15 is 0 Å². The minimum Gasteiger partial charge on any atom is -0.366 e. The molecule has 2 aromatic carbocycles. The van der Waals surface area contributed by atoms with Gasteiger partial charge in [-0.25, -0.2) is 4.79 Å². The molecule has 10 heteroatoms. The first-order chi connectivity index (χ1) is 13.3. The summed E-state index contributed by atoms with van der Waals surface area (Å²) in [7, 11) is 0. The number of Topliss-reactive ketones (excluding diaryl/α,β-unsaturated/α-hetero) is 1. The van der Waals surface area contributed by atoms with Gasteiger partial charge in [-0.2, -0.15) is 10.2 Å². The lowest BCUT2D eigenvalue weighted by Crippen LogP contribution is -2.31. The van der Waals surface area contributed by atoms with E-state index in [4.69, 9.17) is 5.73 Å². The number of ketones is 1. The highest BCUT2D eigenvalue weighted by Crippen LogP contribution is 2.17. The first-order valence-electron chi connectivity index (χ1n) is 8.17. The number of nitrogens with one attached hydrogen (secondary N) is 3. The number of anilines is 1. The van der Waals surface area contributed by atoms with Gasteiger partial charge in [0.05, 0.1) is 16.7 Å². The van der Waals surface area contributed by atoms with E-state index in [0.29, 0.717) is 28.0 Å². The van der Waals surface area contributed by atoms with E-state index in [2.05, 4.69) is 25.5 Å². The van der Waals surface area contributed by atoms with Crippen LogP contribution in [0, 0.1) is 0 Å². The van der Waals surface area contributed by atoms with E-state index in [9.17, 15) is 19.2 Å². The molecule has 2 amide bonds. The number of carbonyl (C=O) groups is 3. The molecule has 5 N–H and O–H groups in total. The molecule has 3 aromatic rings. The molecule has 0 saturated heterocycles. The highest BCUT2D eigenvalue weighted by molar-refractivity contribution is 6.10. The van der Waals surface area contributed by atoms with Crippen molar-refractivity contribution in [1.29, 1.82) is 0 Å². The normalized spacial score (nSPS) is 12.2. The summed E-state index contributed by atoms with van der Waals surface area (Å²) in [6.07, 6.45) is 0. The van der Waals surface area contributed by atoms with E-state index in [0.717, 1.165) is 0 Å². The third-order valence-electron chi connectivity index (χ3n) is 3.86. The molecule has 10 nitrogen and oxygen atoms in total. The van der Waals surface area contributed by atoms with Crippen LogP contribution in [0.1, 0.15) is 17.3 Å². The van der Waals surface area contributed by atoms with Crippen molar-refractivity contribution in [2.24, 2.45) is 16.0 Å². The standard InChI is InChI=1S/C18H16N6O4/c1-9(25)15(24-23-11-4-2-10(3-5-11)16(19)26)17(27)20-12-6-7-13-14(8-12)22-18(28)21-13/h2-8,15H,1H3,(H2,19,26)(H,20,27)(H2,21,22,28). The second-order valence-corrected chi connectivity index (χ2v) is 5.97. The molecule has 1 unspecified atom stereocenters. The molecule has 0 radical (unpaired) electrons. The Morgan fingerprint density at radius 2 is 1.71 bits per heavy atom. The van der Waals surface area contributed by atoms with Crippen LogP contribution in [0.5, 0.6) is 0 Å². The lowest BCUT2D eigenvalue weighted by atomic mass is 10.2. The van der Waals surface area contributed by atoms with Crippen LogP contribution in [0.4, 0.5) is 11.4 Å². The summed E-state index contributed by atoms with van der Waals surface area (Å²) in [5, 5.41) is 10.3. The van der Waals surface area contributed by atoms with Crippen LogP contribution in [-0.4, -0.2) is 33.6 Å². The van der Waals surface area contributed by atoms with Gasteiger partial charge in [-0.3, -0.25) is 14.4 Å². The maximum absolute atomic E-state index is 12.4. The smallest absolute Gasteiger partial charge is 0.323 e. The summed E-state index contributed by atoms with van der Waals surface area (Å²) in [4.78, 5) is 51.8. The SMILES string of the molecule is CC(=O)C(N=Nc1ccc(C(N)=O)cc1)C(=O)Nc1ccc2[nH]c(=O)[nH]c2c1. The predicted octanol–water partition coefficient (Wildman–Crippen LogP) is 1.64. The van der Waals surface area contributed by atoms with Crippen molar-refractivity contribution in [3.8, 4) is 0 Å². The largest absolute Gasteiger partial charge is 0.366 e. The lowest BCUT2D eigenvalue weighted by molar-refractivity contribution is -0.126. The highest BCUT2D eigenvalue weighted by atomic mass is 16.2. The van der Waals surface area contributed by atoms with E-state index in [1.807, 2.05) is 0 Å². The van der Waals surface area contributed by atoms with Crippen LogP contribution < -0.4 is 16.7 Å². The average Bonchev–Trinajstić information content (AvgIpc) is 3.01. The number of H-pyrrole nitrogens is 2. The average molecular weight is 380 g/mol. The molecule has 0 fully saturated rings. The van der Waals surface area contributed by atoms with Gasteiger partial charge in [-0.05, 0) is 49.4 Å². The summed E-state index contributed by atoms with van der Waals surface area (Å²) in [5.74, 6) is -1.74. The zero-order valence-corrected chi connectivity index (χ0v) is 14.7. The van der Waals surface area contributed by atoms with Crippen molar-refractivity contribution in [1.82, 2.24) is 9.97 Å². The number of azo groups is 1. The second-order valence-electron chi connectivity index (χ2n) is 5.97. The van der Waals surface area contributed by atoms with Crippen molar-refractivity contribution < 1.29 is 14.4 Å². The van der Waals surface area contributed by atoms with Crippen molar-refractivity contribution >= 4 is 40.0 Å². The quantitative estimate of drug-likeness (QED) is 0.378. The minimum atomic E-state index is -1.35. The number of amides is 2. The van der Waals surface area contributed by atoms with Crippen LogP contribution in [-0.2, 0) is 9.59 Å². The molecule has 1 atom stereocenters. The minimum absolute atomic E-state index is 0.304. The summed E-state index contributed by atoms with van der Waals surface area (Å²) in [5.41, 5.74) is 6.95. The van der Waals surface area contributed by atoms with E-state index < -0.39 is 23.6 Å². The zero-order valence-electron chi connectivity index (χ0n) is 14.7. The molecule has 0 aliphatic rings. The number of aromatic amines is 2. The summed E-state index contributed by atoms with van der Waals surface area (Å²) < 4.78 is 0. The Kier molecular flexibility index (Phi) is 5.12. The van der Waals surface area contributed by atoms with Gasteiger partial charge in [0.15, 0.2) is 5.78 Å². The third-order valence-corrected chi connectivity index (χ3v) is 3.86. The Bertz CT molecular complexity index is 1140. The summed E-state index contributed by atoms with van der Waals surface area (Å²) in [6.45, 7) is 1.23. The number of carbonyl (C=O) groups excluding carboxylic acids is 3. The van der Waals surface area contributed by atoms with Gasteiger partial charge in [0.1, 0.15) is 0 Å². The van der Waals surface area contributed by atoms with Crippen LogP contribution in [0.25, 0.3) is 11.0 Å². The maximum Gasteiger partial charge on any atom is 0.323 e. The van der Waals surface area contributed by atoms with E-state index in [1.165, 1.54) is 31.2 Å². The molecule has 0 bridgehead atoms. The number of imidazole rings is 1. The fraction of sp³-hybridized carbons (Fsp3) is 0.111. The number of hydrogen-bond donors (Lipinski definition) is 4. The summed E-state index contributed by atoms with van der Waals surface area (Å²) in [6, 6.07) is 9.33. The first-order valence-corrected chi connectivity index (χ1v) is 8.17. The molecule has 1 heterocycles. The van der Waals surface area contributed by atoms with Crippen LogP contribution >= 0.6 is 0 Å². The van der Waals surface area contributed by atoms with E-state index in [1.54, 1.807) is 18.2 Å². The fourth-order valence-electron chi connectivity index (χ4n) is 2.46. The van der Waals surface area contributed by atoms with Gasteiger partial charge in [0.25, 0.3) is 5.91 Å². The monoisotopic (exact) mass is 380 g/mol. The van der Waals surface area contributed by atoms with Crippen LogP contribution in [0.2, 0.25) is 0 Å². The Balaban J connectivity index is 1.76. The van der Waals surface area contributed by atoms with Gasteiger partial charge in [0.2, 0.25) is 11.9 Å². The molecule has 1 aromatic heterocycles. The molecule has 142 valence electrons. The Labute approximate surface area is 157 Å². The second kappa shape index (κ2) is 7.66. The van der Waals surface area contributed by atoms with Crippen LogP contribution in [0.15, 0.2) is 57.5 Å². The fourth-order valence-corrected chi connectivity index (χ4v) is 2.46. The van der Waals surface area contributed by atoms with Crippen LogP contribution in [0.3, 0.4) is 0 Å².